The number of benzene rings is 2. The van der Waals surface area contributed by atoms with Gasteiger partial charge in [-0.15, -0.1) is 0 Å². The molecule has 0 saturated heterocycles. The number of ether oxygens (including phenoxy) is 1. The SMILES string of the molecule is Cc1ccc(C(=O)OCCN(CC23CC4CC(CC(C4)C2)C3)C(=O)c2ccc(C)cc2)cc1. The van der Waals surface area contributed by atoms with Gasteiger partial charge in [0, 0.05) is 12.1 Å². The highest BCUT2D eigenvalue weighted by Gasteiger charge is 2.51. The highest BCUT2D eigenvalue weighted by atomic mass is 16.5. The van der Waals surface area contributed by atoms with Crippen LogP contribution in [-0.4, -0.2) is 36.5 Å². The Morgan fingerprint density at radius 3 is 1.82 bits per heavy atom. The quantitative estimate of drug-likeness (QED) is 0.505. The van der Waals surface area contributed by atoms with Crippen molar-refractivity contribution in [2.24, 2.45) is 23.2 Å². The first-order valence-corrected chi connectivity index (χ1v) is 12.5. The molecule has 0 unspecified atom stereocenters. The Balaban J connectivity index is 1.29. The van der Waals surface area contributed by atoms with E-state index >= 15 is 0 Å². The van der Waals surface area contributed by atoms with Crippen molar-refractivity contribution >= 4 is 11.9 Å². The molecule has 4 aliphatic carbocycles. The summed E-state index contributed by atoms with van der Waals surface area (Å²) in [5, 5.41) is 0. The molecule has 1 amide bonds. The van der Waals surface area contributed by atoms with E-state index in [1.165, 1.54) is 38.5 Å². The zero-order chi connectivity index (χ0) is 23.0. The number of carbonyl (C=O) groups excluding carboxylic acids is 2. The maximum absolute atomic E-state index is 13.5. The normalized spacial score (nSPS) is 27.4. The molecule has 174 valence electrons. The first-order chi connectivity index (χ1) is 15.9. The number of amides is 1. The zero-order valence-electron chi connectivity index (χ0n) is 19.9. The van der Waals surface area contributed by atoms with Crippen molar-refractivity contribution in [2.75, 3.05) is 19.7 Å². The van der Waals surface area contributed by atoms with Gasteiger partial charge in [-0.1, -0.05) is 35.4 Å². The second kappa shape index (κ2) is 8.96. The molecule has 0 heterocycles. The fourth-order valence-corrected chi connectivity index (χ4v) is 7.04. The molecule has 2 aromatic rings. The lowest BCUT2D eigenvalue weighted by Gasteiger charge is -2.57. The zero-order valence-corrected chi connectivity index (χ0v) is 19.9. The number of hydrogen-bond donors (Lipinski definition) is 0. The summed E-state index contributed by atoms with van der Waals surface area (Å²) in [6.45, 7) is 5.47. The first kappa shape index (κ1) is 22.2. The number of aryl methyl sites for hydroxylation is 2. The average Bonchev–Trinajstić information content (AvgIpc) is 2.78. The van der Waals surface area contributed by atoms with Gasteiger partial charge in [0.05, 0.1) is 12.1 Å². The van der Waals surface area contributed by atoms with Crippen molar-refractivity contribution in [1.82, 2.24) is 4.90 Å². The predicted molar refractivity (Wildman–Crippen MR) is 129 cm³/mol. The summed E-state index contributed by atoms with van der Waals surface area (Å²) >= 11 is 0. The predicted octanol–water partition coefficient (Wildman–Crippen LogP) is 5.82. The Hall–Kier alpha value is -2.62. The fourth-order valence-electron chi connectivity index (χ4n) is 7.04. The molecule has 4 aliphatic rings. The van der Waals surface area contributed by atoms with Gasteiger partial charge in [-0.2, -0.15) is 0 Å². The first-order valence-electron chi connectivity index (χ1n) is 12.5. The van der Waals surface area contributed by atoms with Crippen LogP contribution in [0, 0.1) is 37.0 Å². The van der Waals surface area contributed by atoms with Gasteiger partial charge in [0.1, 0.15) is 6.61 Å². The van der Waals surface area contributed by atoms with E-state index in [0.29, 0.717) is 12.1 Å². The summed E-state index contributed by atoms with van der Waals surface area (Å²) in [6.07, 6.45) is 7.91. The maximum atomic E-state index is 13.5. The van der Waals surface area contributed by atoms with Crippen molar-refractivity contribution in [3.63, 3.8) is 0 Å². The van der Waals surface area contributed by atoms with Crippen LogP contribution < -0.4 is 0 Å². The van der Waals surface area contributed by atoms with Gasteiger partial charge >= 0.3 is 5.97 Å². The number of esters is 1. The van der Waals surface area contributed by atoms with E-state index in [0.717, 1.165) is 41.0 Å². The maximum Gasteiger partial charge on any atom is 0.338 e. The second-order valence-electron chi connectivity index (χ2n) is 11.0. The average molecular weight is 446 g/mol. The van der Waals surface area contributed by atoms with Crippen LogP contribution in [0.4, 0.5) is 0 Å². The third-order valence-electron chi connectivity index (χ3n) is 8.16. The topological polar surface area (TPSA) is 46.6 Å². The summed E-state index contributed by atoms with van der Waals surface area (Å²) in [5.41, 5.74) is 3.77. The van der Waals surface area contributed by atoms with E-state index < -0.39 is 0 Å². The minimum atomic E-state index is -0.326. The summed E-state index contributed by atoms with van der Waals surface area (Å²) in [5.74, 6) is 2.25. The lowest BCUT2D eigenvalue weighted by atomic mass is 9.49. The van der Waals surface area contributed by atoms with Gasteiger partial charge in [0.25, 0.3) is 5.91 Å². The summed E-state index contributed by atoms with van der Waals surface area (Å²) < 4.78 is 5.59. The van der Waals surface area contributed by atoms with Gasteiger partial charge in [-0.3, -0.25) is 4.79 Å². The van der Waals surface area contributed by atoms with Crippen LogP contribution >= 0.6 is 0 Å². The van der Waals surface area contributed by atoms with Crippen molar-refractivity contribution in [1.29, 1.82) is 0 Å². The van der Waals surface area contributed by atoms with Gasteiger partial charge in [-0.25, -0.2) is 4.79 Å². The minimum Gasteiger partial charge on any atom is -0.460 e. The van der Waals surface area contributed by atoms with Crippen molar-refractivity contribution in [3.05, 3.63) is 70.8 Å². The van der Waals surface area contributed by atoms with Gasteiger partial charge < -0.3 is 9.64 Å². The van der Waals surface area contributed by atoms with Crippen LogP contribution in [0.2, 0.25) is 0 Å². The van der Waals surface area contributed by atoms with Gasteiger partial charge in [-0.05, 0) is 99.8 Å². The van der Waals surface area contributed by atoms with Crippen molar-refractivity contribution in [3.8, 4) is 0 Å². The molecular formula is C29H35NO3. The Morgan fingerprint density at radius 1 is 0.818 bits per heavy atom. The van der Waals surface area contributed by atoms with Crippen LogP contribution in [0.3, 0.4) is 0 Å². The van der Waals surface area contributed by atoms with E-state index in [1.807, 2.05) is 55.1 Å². The van der Waals surface area contributed by atoms with E-state index in [9.17, 15) is 9.59 Å². The van der Waals surface area contributed by atoms with Crippen LogP contribution in [0.15, 0.2) is 48.5 Å². The van der Waals surface area contributed by atoms with Crippen LogP contribution in [0.5, 0.6) is 0 Å². The van der Waals surface area contributed by atoms with E-state index in [2.05, 4.69) is 0 Å². The summed E-state index contributed by atoms with van der Waals surface area (Å²) in [4.78, 5) is 28.0. The molecule has 0 radical (unpaired) electrons. The lowest BCUT2D eigenvalue weighted by molar-refractivity contribution is -0.0664. The van der Waals surface area contributed by atoms with Crippen molar-refractivity contribution < 1.29 is 14.3 Å². The molecule has 0 atom stereocenters. The van der Waals surface area contributed by atoms with E-state index in [4.69, 9.17) is 4.74 Å². The second-order valence-corrected chi connectivity index (χ2v) is 11.0. The van der Waals surface area contributed by atoms with Crippen LogP contribution in [0.25, 0.3) is 0 Å². The Bertz CT molecular complexity index is 973. The Kier molecular flexibility index (Phi) is 6.03. The fraction of sp³-hybridized carbons (Fsp3) is 0.517. The molecular weight excluding hydrogens is 410 g/mol. The minimum absolute atomic E-state index is 0.0529. The largest absolute Gasteiger partial charge is 0.460 e. The molecule has 0 spiro atoms. The summed E-state index contributed by atoms with van der Waals surface area (Å²) in [6, 6.07) is 15.2. The van der Waals surface area contributed by atoms with Gasteiger partial charge in [0.2, 0.25) is 0 Å². The molecule has 0 aliphatic heterocycles. The number of rotatable bonds is 7. The van der Waals surface area contributed by atoms with Crippen LogP contribution in [-0.2, 0) is 4.74 Å². The third kappa shape index (κ3) is 4.85. The highest BCUT2D eigenvalue weighted by Crippen LogP contribution is 2.60. The molecule has 4 nitrogen and oxygen atoms in total. The molecule has 4 heteroatoms. The monoisotopic (exact) mass is 445 g/mol. The number of nitrogens with zero attached hydrogens (tertiary/aromatic N) is 1. The number of hydrogen-bond acceptors (Lipinski definition) is 3. The summed E-state index contributed by atoms with van der Waals surface area (Å²) in [7, 11) is 0. The molecule has 6 rings (SSSR count). The molecule has 0 N–H and O–H groups in total. The molecule has 2 aromatic carbocycles. The van der Waals surface area contributed by atoms with E-state index in [1.54, 1.807) is 12.1 Å². The lowest BCUT2D eigenvalue weighted by Crippen LogP contribution is -2.52. The highest BCUT2D eigenvalue weighted by molar-refractivity contribution is 5.94. The molecule has 4 bridgehead atoms. The standard InChI is InChI=1S/C29H35NO3/c1-20-3-7-25(8-4-20)27(31)30(11-12-33-28(32)26-9-5-21(2)6-10-26)19-29-16-22-13-23(17-29)15-24(14-22)18-29/h3-10,22-24H,11-19H2,1-2H3. The molecule has 0 aromatic heterocycles. The molecule has 4 fully saturated rings. The van der Waals surface area contributed by atoms with Crippen molar-refractivity contribution in [2.45, 2.75) is 52.4 Å². The van der Waals surface area contributed by atoms with E-state index in [-0.39, 0.29) is 23.9 Å². The Labute approximate surface area is 197 Å². The molecule has 33 heavy (non-hydrogen) atoms. The Morgan fingerprint density at radius 2 is 1.30 bits per heavy atom. The van der Waals surface area contributed by atoms with Crippen LogP contribution in [0.1, 0.15) is 70.4 Å². The molecule has 4 saturated carbocycles. The smallest absolute Gasteiger partial charge is 0.338 e. The van der Waals surface area contributed by atoms with Gasteiger partial charge in [0.15, 0.2) is 0 Å². The number of carbonyl (C=O) groups is 2. The third-order valence-corrected chi connectivity index (χ3v) is 8.16.